The number of rotatable bonds is 1. The number of hydrogen-bond acceptors (Lipinski definition) is 3. The highest BCUT2D eigenvalue weighted by Gasteiger charge is 2.22. The highest BCUT2D eigenvalue weighted by molar-refractivity contribution is 9.10. The van der Waals surface area contributed by atoms with Crippen LogP contribution in [0.15, 0.2) is 27.5 Å². The molecule has 5 heteroatoms. The normalized spacial score (nSPS) is 14.4. The Morgan fingerprint density at radius 2 is 2.21 bits per heavy atom. The quantitative estimate of drug-likeness (QED) is 0.758. The maximum absolute atomic E-state index is 12.4. The van der Waals surface area contributed by atoms with Gasteiger partial charge in [-0.2, -0.15) is 0 Å². The van der Waals surface area contributed by atoms with Gasteiger partial charge < -0.3 is 9.30 Å². The number of aromatic nitrogens is 1. The zero-order chi connectivity index (χ0) is 13.6. The Kier molecular flexibility index (Phi) is 3.03. The first kappa shape index (κ1) is 12.6. The van der Waals surface area contributed by atoms with Crippen LogP contribution in [-0.4, -0.2) is 17.0 Å². The lowest BCUT2D eigenvalue weighted by Crippen LogP contribution is -2.28. The van der Waals surface area contributed by atoms with Crippen LogP contribution in [0.1, 0.15) is 23.0 Å². The lowest BCUT2D eigenvalue weighted by atomic mass is 10.0. The number of carbonyl (C=O) groups is 1. The van der Waals surface area contributed by atoms with Crippen molar-refractivity contribution in [1.29, 1.82) is 0 Å². The Morgan fingerprint density at radius 1 is 1.42 bits per heavy atom. The van der Waals surface area contributed by atoms with Gasteiger partial charge in [0.2, 0.25) is 5.43 Å². The second-order valence-corrected chi connectivity index (χ2v) is 5.49. The third kappa shape index (κ3) is 1.93. The molecule has 1 aliphatic heterocycles. The Labute approximate surface area is 118 Å². The van der Waals surface area contributed by atoms with Crippen molar-refractivity contribution in [1.82, 2.24) is 4.57 Å². The predicted molar refractivity (Wildman–Crippen MR) is 75.6 cm³/mol. The van der Waals surface area contributed by atoms with Crippen molar-refractivity contribution in [2.75, 3.05) is 6.61 Å². The monoisotopic (exact) mass is 321 g/mol. The van der Waals surface area contributed by atoms with Crippen molar-refractivity contribution in [2.45, 2.75) is 20.1 Å². The molecule has 2 heterocycles. The van der Waals surface area contributed by atoms with Crippen molar-refractivity contribution >= 4 is 32.6 Å². The molecule has 0 spiro atoms. The van der Waals surface area contributed by atoms with Gasteiger partial charge in [0.15, 0.2) is 5.78 Å². The molecule has 0 aliphatic carbocycles. The number of ether oxygens (including phenoxy) is 1. The van der Waals surface area contributed by atoms with Gasteiger partial charge in [0.1, 0.15) is 0 Å². The van der Waals surface area contributed by atoms with Crippen molar-refractivity contribution in [3.63, 3.8) is 0 Å². The fourth-order valence-electron chi connectivity index (χ4n) is 2.56. The Morgan fingerprint density at radius 3 is 2.95 bits per heavy atom. The third-order valence-electron chi connectivity index (χ3n) is 3.39. The van der Waals surface area contributed by atoms with E-state index in [0.29, 0.717) is 30.8 Å². The van der Waals surface area contributed by atoms with Crippen molar-refractivity contribution in [3.8, 4) is 0 Å². The molecule has 2 aromatic rings. The Hall–Kier alpha value is -1.46. The molecule has 1 aliphatic rings. The molecule has 0 amide bonds. The first-order valence-corrected chi connectivity index (χ1v) is 6.82. The molecule has 1 aromatic heterocycles. The Bertz CT molecular complexity index is 748. The number of carbonyl (C=O) groups excluding carboxylic acids is 1. The summed E-state index contributed by atoms with van der Waals surface area (Å²) in [6.45, 7) is 2.99. The largest absolute Gasteiger partial charge is 0.373 e. The molecule has 19 heavy (non-hydrogen) atoms. The van der Waals surface area contributed by atoms with Crippen LogP contribution in [0.25, 0.3) is 10.9 Å². The van der Waals surface area contributed by atoms with Crippen LogP contribution in [0.5, 0.6) is 0 Å². The fourth-order valence-corrected chi connectivity index (χ4v) is 2.91. The van der Waals surface area contributed by atoms with E-state index in [1.807, 2.05) is 16.7 Å². The van der Waals surface area contributed by atoms with E-state index < -0.39 is 0 Å². The zero-order valence-electron chi connectivity index (χ0n) is 10.4. The minimum Gasteiger partial charge on any atom is -0.373 e. The molecule has 1 aromatic carbocycles. The number of benzene rings is 1. The van der Waals surface area contributed by atoms with E-state index in [0.717, 1.165) is 9.99 Å². The minimum atomic E-state index is -0.205. The van der Waals surface area contributed by atoms with Crippen LogP contribution >= 0.6 is 15.9 Å². The average Bonchev–Trinajstić information content (AvgIpc) is 2.38. The maximum Gasteiger partial charge on any atom is 0.200 e. The average molecular weight is 322 g/mol. The summed E-state index contributed by atoms with van der Waals surface area (Å²) in [5.41, 5.74) is 1.60. The first-order chi connectivity index (χ1) is 9.09. The smallest absolute Gasteiger partial charge is 0.200 e. The molecule has 0 radical (unpaired) electrons. The lowest BCUT2D eigenvalue weighted by Gasteiger charge is -2.23. The van der Waals surface area contributed by atoms with E-state index >= 15 is 0 Å². The summed E-state index contributed by atoms with van der Waals surface area (Å²) in [5.74, 6) is -0.205. The van der Waals surface area contributed by atoms with Crippen LogP contribution in [0.3, 0.4) is 0 Å². The van der Waals surface area contributed by atoms with Crippen LogP contribution in [-0.2, 0) is 17.9 Å². The number of nitrogens with zero attached hydrogens (tertiary/aromatic N) is 1. The van der Waals surface area contributed by atoms with E-state index in [1.165, 1.54) is 6.92 Å². The van der Waals surface area contributed by atoms with Gasteiger partial charge in [-0.15, -0.1) is 0 Å². The number of halogens is 1. The third-order valence-corrected chi connectivity index (χ3v) is 3.88. The van der Waals surface area contributed by atoms with Crippen molar-refractivity contribution < 1.29 is 9.53 Å². The molecule has 0 unspecified atom stereocenters. The second kappa shape index (κ2) is 4.58. The molecule has 3 rings (SSSR count). The molecule has 0 saturated heterocycles. The van der Waals surface area contributed by atoms with Crippen LogP contribution in [0.2, 0.25) is 0 Å². The molecule has 0 N–H and O–H groups in total. The molecule has 0 saturated carbocycles. The topological polar surface area (TPSA) is 48.3 Å². The minimum absolute atomic E-state index is 0.202. The SMILES string of the molecule is CC(=O)c1c2n(c3cc(Br)ccc3c1=O)CCOC2. The van der Waals surface area contributed by atoms with Gasteiger partial charge in [0, 0.05) is 16.4 Å². The van der Waals surface area contributed by atoms with E-state index in [2.05, 4.69) is 15.9 Å². The van der Waals surface area contributed by atoms with E-state index in [9.17, 15) is 9.59 Å². The summed E-state index contributed by atoms with van der Waals surface area (Å²) in [6.07, 6.45) is 0. The van der Waals surface area contributed by atoms with Gasteiger partial charge in [0.05, 0.1) is 30.0 Å². The summed E-state index contributed by atoms with van der Waals surface area (Å²) in [6, 6.07) is 5.49. The highest BCUT2D eigenvalue weighted by Crippen LogP contribution is 2.23. The van der Waals surface area contributed by atoms with Crippen LogP contribution < -0.4 is 5.43 Å². The van der Waals surface area contributed by atoms with Crippen molar-refractivity contribution in [3.05, 3.63) is 44.2 Å². The summed E-state index contributed by atoms with van der Waals surface area (Å²) in [7, 11) is 0. The molecular formula is C14H12BrNO3. The Balaban J connectivity index is 2.51. The number of hydrogen-bond donors (Lipinski definition) is 0. The first-order valence-electron chi connectivity index (χ1n) is 6.03. The van der Waals surface area contributed by atoms with Gasteiger partial charge in [-0.1, -0.05) is 15.9 Å². The maximum atomic E-state index is 12.4. The predicted octanol–water partition coefficient (Wildman–Crippen LogP) is 2.50. The van der Waals surface area contributed by atoms with E-state index in [4.69, 9.17) is 4.74 Å². The number of fused-ring (bicyclic) bond motifs is 3. The molecule has 0 fully saturated rings. The summed E-state index contributed by atoms with van der Waals surface area (Å²) < 4.78 is 8.33. The molecule has 98 valence electrons. The highest BCUT2D eigenvalue weighted by atomic mass is 79.9. The molecule has 4 nitrogen and oxygen atoms in total. The van der Waals surface area contributed by atoms with Gasteiger partial charge in [-0.25, -0.2) is 0 Å². The molecular weight excluding hydrogens is 310 g/mol. The molecule has 0 atom stereocenters. The second-order valence-electron chi connectivity index (χ2n) is 4.57. The van der Waals surface area contributed by atoms with Gasteiger partial charge >= 0.3 is 0 Å². The van der Waals surface area contributed by atoms with Gasteiger partial charge in [0.25, 0.3) is 0 Å². The van der Waals surface area contributed by atoms with Crippen LogP contribution in [0, 0.1) is 0 Å². The van der Waals surface area contributed by atoms with E-state index in [-0.39, 0.29) is 16.8 Å². The standard InChI is InChI=1S/C14H12BrNO3/c1-8(17)13-12-7-19-5-4-16(12)11-6-9(15)2-3-10(11)14(13)18/h2-3,6H,4-5,7H2,1H3. The molecule has 0 bridgehead atoms. The number of pyridine rings is 1. The fraction of sp³-hybridized carbons (Fsp3) is 0.286. The lowest BCUT2D eigenvalue weighted by molar-refractivity contribution is 0.0824. The van der Waals surface area contributed by atoms with Gasteiger partial charge in [-0.05, 0) is 25.1 Å². The summed E-state index contributed by atoms with van der Waals surface area (Å²) in [5, 5.41) is 0.582. The van der Waals surface area contributed by atoms with Gasteiger partial charge in [-0.3, -0.25) is 9.59 Å². The van der Waals surface area contributed by atoms with Crippen molar-refractivity contribution in [2.24, 2.45) is 0 Å². The zero-order valence-corrected chi connectivity index (χ0v) is 12.0. The van der Waals surface area contributed by atoms with E-state index in [1.54, 1.807) is 6.07 Å². The van der Waals surface area contributed by atoms with Crippen LogP contribution in [0.4, 0.5) is 0 Å². The summed E-state index contributed by atoms with van der Waals surface area (Å²) >= 11 is 3.42. The summed E-state index contributed by atoms with van der Waals surface area (Å²) in [4.78, 5) is 24.2. The number of Topliss-reactive ketones (excluding diaryl/α,β-unsaturated/α-hetero) is 1. The number of ketones is 1.